The van der Waals surface area contributed by atoms with Crippen molar-refractivity contribution in [2.24, 2.45) is 5.73 Å². The lowest BCUT2D eigenvalue weighted by Crippen LogP contribution is -1.97. The van der Waals surface area contributed by atoms with Crippen LogP contribution in [0.15, 0.2) is 12.1 Å². The highest BCUT2D eigenvalue weighted by Crippen LogP contribution is 2.14. The second-order valence-electron chi connectivity index (χ2n) is 2.56. The highest BCUT2D eigenvalue weighted by atomic mass is 19.2. The lowest BCUT2D eigenvalue weighted by atomic mass is 10.2. The summed E-state index contributed by atoms with van der Waals surface area (Å²) >= 11 is 0. The third kappa shape index (κ3) is 2.27. The minimum Gasteiger partial charge on any atom is -0.330 e. The topological polar surface area (TPSA) is 26.0 Å². The summed E-state index contributed by atoms with van der Waals surface area (Å²) in [6, 6.07) is 1.56. The maximum absolute atomic E-state index is 12.9. The summed E-state index contributed by atoms with van der Waals surface area (Å²) < 4.78 is 38.5. The predicted octanol–water partition coefficient (Wildman–Crippen LogP) is 1.80. The molecule has 0 unspecified atom stereocenters. The Morgan fingerprint density at radius 2 is 1.79 bits per heavy atom. The van der Waals surface area contributed by atoms with Crippen LogP contribution in [0.3, 0.4) is 0 Å². The summed E-state index contributed by atoms with van der Waals surface area (Å²) in [5, 5.41) is 0. The Labute approximate surface area is 79.7 Å². The standard InChI is InChI=1S/C10H8F3N/c11-8-4-5-9(12)10(13)7(8)3-1-2-6-14/h4-5H,2,6,14H2. The zero-order chi connectivity index (χ0) is 10.6. The molecular weight excluding hydrogens is 191 g/mol. The van der Waals surface area contributed by atoms with Gasteiger partial charge < -0.3 is 5.73 Å². The molecule has 14 heavy (non-hydrogen) atoms. The van der Waals surface area contributed by atoms with E-state index in [4.69, 9.17) is 5.73 Å². The molecule has 4 heteroatoms. The van der Waals surface area contributed by atoms with Crippen LogP contribution in [0.1, 0.15) is 12.0 Å². The molecule has 0 bridgehead atoms. The molecule has 2 N–H and O–H groups in total. The van der Waals surface area contributed by atoms with E-state index in [9.17, 15) is 13.2 Å². The van der Waals surface area contributed by atoms with Crippen molar-refractivity contribution >= 4 is 0 Å². The van der Waals surface area contributed by atoms with Crippen molar-refractivity contribution in [3.05, 3.63) is 35.1 Å². The first-order valence-electron chi connectivity index (χ1n) is 3.99. The van der Waals surface area contributed by atoms with E-state index in [2.05, 4.69) is 11.8 Å². The van der Waals surface area contributed by atoms with E-state index < -0.39 is 23.0 Å². The maximum atomic E-state index is 12.9. The fourth-order valence-electron chi connectivity index (χ4n) is 0.865. The monoisotopic (exact) mass is 199 g/mol. The minimum atomic E-state index is -1.26. The van der Waals surface area contributed by atoms with Crippen molar-refractivity contribution in [1.29, 1.82) is 0 Å². The summed E-state index contributed by atoms with van der Waals surface area (Å²) in [6.07, 6.45) is 0.315. The molecule has 0 aliphatic carbocycles. The van der Waals surface area contributed by atoms with E-state index in [1.165, 1.54) is 0 Å². The summed E-state index contributed by atoms with van der Waals surface area (Å²) in [5.41, 5.74) is 4.59. The predicted molar refractivity (Wildman–Crippen MR) is 46.9 cm³/mol. The molecule has 0 spiro atoms. The van der Waals surface area contributed by atoms with Crippen LogP contribution >= 0.6 is 0 Å². The second-order valence-corrected chi connectivity index (χ2v) is 2.56. The van der Waals surface area contributed by atoms with Crippen molar-refractivity contribution in [3.8, 4) is 11.8 Å². The lowest BCUT2D eigenvalue weighted by molar-refractivity contribution is 0.491. The number of rotatable bonds is 1. The zero-order valence-corrected chi connectivity index (χ0v) is 7.28. The second kappa shape index (κ2) is 4.68. The molecule has 1 aromatic rings. The van der Waals surface area contributed by atoms with Gasteiger partial charge >= 0.3 is 0 Å². The van der Waals surface area contributed by atoms with Gasteiger partial charge in [-0.25, -0.2) is 13.2 Å². The molecule has 0 heterocycles. The van der Waals surface area contributed by atoms with Gasteiger partial charge in [-0.05, 0) is 12.1 Å². The van der Waals surface area contributed by atoms with Crippen LogP contribution in [0.2, 0.25) is 0 Å². The van der Waals surface area contributed by atoms with E-state index >= 15 is 0 Å². The van der Waals surface area contributed by atoms with Gasteiger partial charge in [0.1, 0.15) is 5.82 Å². The highest BCUT2D eigenvalue weighted by molar-refractivity contribution is 5.37. The maximum Gasteiger partial charge on any atom is 0.177 e. The highest BCUT2D eigenvalue weighted by Gasteiger charge is 2.10. The summed E-state index contributed by atoms with van der Waals surface area (Å²) in [7, 11) is 0. The Bertz CT molecular complexity index is 390. The summed E-state index contributed by atoms with van der Waals surface area (Å²) in [5.74, 6) is 1.41. The van der Waals surface area contributed by atoms with Crippen LogP contribution in [-0.2, 0) is 0 Å². The van der Waals surface area contributed by atoms with Crippen LogP contribution in [0.4, 0.5) is 13.2 Å². The van der Waals surface area contributed by atoms with Crippen molar-refractivity contribution in [3.63, 3.8) is 0 Å². The Hall–Kier alpha value is -1.47. The molecule has 1 aromatic carbocycles. The quantitative estimate of drug-likeness (QED) is 0.541. The normalized spacial score (nSPS) is 9.43. The molecule has 0 atom stereocenters. The molecule has 0 aromatic heterocycles. The first-order chi connectivity index (χ1) is 6.66. The van der Waals surface area contributed by atoms with E-state index in [0.29, 0.717) is 13.0 Å². The smallest absolute Gasteiger partial charge is 0.177 e. The van der Waals surface area contributed by atoms with Crippen molar-refractivity contribution < 1.29 is 13.2 Å². The lowest BCUT2D eigenvalue weighted by Gasteiger charge is -1.97. The first-order valence-corrected chi connectivity index (χ1v) is 3.99. The SMILES string of the molecule is NCCC#Cc1c(F)ccc(F)c1F. The van der Waals surface area contributed by atoms with E-state index in [0.717, 1.165) is 12.1 Å². The van der Waals surface area contributed by atoms with E-state index in [1.807, 2.05) is 0 Å². The molecule has 0 fully saturated rings. The molecule has 0 saturated carbocycles. The van der Waals surface area contributed by atoms with Gasteiger partial charge in [-0.1, -0.05) is 11.8 Å². The third-order valence-electron chi connectivity index (χ3n) is 1.53. The number of halogens is 3. The van der Waals surface area contributed by atoms with Crippen LogP contribution in [0, 0.1) is 29.3 Å². The van der Waals surface area contributed by atoms with Crippen LogP contribution in [-0.4, -0.2) is 6.54 Å². The Kier molecular flexibility index (Phi) is 3.55. The van der Waals surface area contributed by atoms with Gasteiger partial charge in [-0.3, -0.25) is 0 Å². The average Bonchev–Trinajstić information content (AvgIpc) is 2.18. The molecular formula is C10H8F3N. The molecule has 1 nitrogen and oxygen atoms in total. The molecule has 1 rings (SSSR count). The molecule has 74 valence electrons. The van der Waals surface area contributed by atoms with Crippen molar-refractivity contribution in [2.75, 3.05) is 6.54 Å². The molecule has 0 saturated heterocycles. The number of benzene rings is 1. The van der Waals surface area contributed by atoms with Gasteiger partial charge in [0.2, 0.25) is 0 Å². The van der Waals surface area contributed by atoms with Gasteiger partial charge in [0, 0.05) is 13.0 Å². The number of hydrogen-bond acceptors (Lipinski definition) is 1. The largest absolute Gasteiger partial charge is 0.330 e. The molecule has 0 aliphatic heterocycles. The Balaban J connectivity index is 3.08. The van der Waals surface area contributed by atoms with Gasteiger partial charge in [0.05, 0.1) is 5.56 Å². The van der Waals surface area contributed by atoms with Crippen LogP contribution < -0.4 is 5.73 Å². The number of hydrogen-bond donors (Lipinski definition) is 1. The van der Waals surface area contributed by atoms with Gasteiger partial charge in [-0.15, -0.1) is 0 Å². The summed E-state index contributed by atoms with van der Waals surface area (Å²) in [6.45, 7) is 0.297. The molecule has 0 radical (unpaired) electrons. The van der Waals surface area contributed by atoms with Gasteiger partial charge in [-0.2, -0.15) is 0 Å². The fraction of sp³-hybridized carbons (Fsp3) is 0.200. The Morgan fingerprint density at radius 1 is 1.14 bits per heavy atom. The average molecular weight is 199 g/mol. The van der Waals surface area contributed by atoms with Crippen LogP contribution in [0.5, 0.6) is 0 Å². The van der Waals surface area contributed by atoms with Gasteiger partial charge in [0.25, 0.3) is 0 Å². The fourth-order valence-corrected chi connectivity index (χ4v) is 0.865. The zero-order valence-electron chi connectivity index (χ0n) is 7.28. The van der Waals surface area contributed by atoms with Crippen LogP contribution in [0.25, 0.3) is 0 Å². The van der Waals surface area contributed by atoms with E-state index in [-0.39, 0.29) is 0 Å². The minimum absolute atomic E-state index is 0.297. The number of nitrogens with two attached hydrogens (primary N) is 1. The van der Waals surface area contributed by atoms with Crippen molar-refractivity contribution in [1.82, 2.24) is 0 Å². The summed E-state index contributed by atoms with van der Waals surface area (Å²) in [4.78, 5) is 0. The Morgan fingerprint density at radius 3 is 2.43 bits per heavy atom. The molecule has 0 aliphatic rings. The first kappa shape index (κ1) is 10.6. The third-order valence-corrected chi connectivity index (χ3v) is 1.53. The van der Waals surface area contributed by atoms with Gasteiger partial charge in [0.15, 0.2) is 11.6 Å². The van der Waals surface area contributed by atoms with E-state index in [1.54, 1.807) is 0 Å². The van der Waals surface area contributed by atoms with Crippen molar-refractivity contribution in [2.45, 2.75) is 6.42 Å². The molecule has 0 amide bonds.